The summed E-state index contributed by atoms with van der Waals surface area (Å²) in [5, 5.41) is 12.9. The highest BCUT2D eigenvalue weighted by Crippen LogP contribution is 2.32. The molecule has 2 atom stereocenters. The van der Waals surface area contributed by atoms with Crippen LogP contribution in [0.5, 0.6) is 5.75 Å². The van der Waals surface area contributed by atoms with Crippen molar-refractivity contribution in [2.75, 3.05) is 7.11 Å². The molecule has 2 aromatic rings. The van der Waals surface area contributed by atoms with E-state index in [1.807, 2.05) is 54.6 Å². The van der Waals surface area contributed by atoms with Gasteiger partial charge in [0.25, 0.3) is 0 Å². The number of carbonyl (C=O) groups is 1. The molecule has 142 valence electrons. The zero-order valence-corrected chi connectivity index (χ0v) is 16.2. The minimum atomic E-state index is -0.436. The molecule has 0 aliphatic heterocycles. The van der Waals surface area contributed by atoms with Crippen LogP contribution in [0.2, 0.25) is 0 Å². The van der Waals surface area contributed by atoms with Gasteiger partial charge in [0.15, 0.2) is 0 Å². The van der Waals surface area contributed by atoms with Gasteiger partial charge >= 0.3 is 0 Å². The molecular formula is C22H25NO3S. The van der Waals surface area contributed by atoms with Crippen molar-refractivity contribution in [1.82, 2.24) is 5.32 Å². The first-order valence-electron chi connectivity index (χ1n) is 9.23. The largest absolute Gasteiger partial charge is 0.497 e. The Morgan fingerprint density at radius 3 is 2.63 bits per heavy atom. The molecule has 27 heavy (non-hydrogen) atoms. The number of hydrogen-bond acceptors (Lipinski definition) is 4. The first-order valence-corrected chi connectivity index (χ1v) is 10.0. The van der Waals surface area contributed by atoms with Crippen molar-refractivity contribution >= 4 is 23.7 Å². The molecule has 1 amide bonds. The van der Waals surface area contributed by atoms with Gasteiger partial charge in [-0.15, -0.1) is 0 Å². The van der Waals surface area contributed by atoms with E-state index in [1.165, 1.54) is 0 Å². The van der Waals surface area contributed by atoms with E-state index in [2.05, 4.69) is 5.32 Å². The van der Waals surface area contributed by atoms with Gasteiger partial charge in [-0.2, -0.15) is 0 Å². The van der Waals surface area contributed by atoms with Gasteiger partial charge in [0.05, 0.1) is 19.3 Å². The third-order valence-corrected chi connectivity index (χ3v) is 5.78. The quantitative estimate of drug-likeness (QED) is 0.731. The normalized spacial score (nSPS) is 19.8. The van der Waals surface area contributed by atoms with E-state index >= 15 is 0 Å². The van der Waals surface area contributed by atoms with Gasteiger partial charge in [-0.1, -0.05) is 42.8 Å². The van der Waals surface area contributed by atoms with Gasteiger partial charge < -0.3 is 15.2 Å². The summed E-state index contributed by atoms with van der Waals surface area (Å²) in [7, 11) is 1.65. The molecule has 0 radical (unpaired) electrons. The Morgan fingerprint density at radius 1 is 1.15 bits per heavy atom. The summed E-state index contributed by atoms with van der Waals surface area (Å²) in [6.45, 7) is 0. The van der Waals surface area contributed by atoms with Crippen LogP contribution in [0.3, 0.4) is 0 Å². The Balaban J connectivity index is 1.65. The molecule has 0 heterocycles. The minimum Gasteiger partial charge on any atom is -0.497 e. The lowest BCUT2D eigenvalue weighted by Gasteiger charge is -2.27. The van der Waals surface area contributed by atoms with Crippen molar-refractivity contribution in [3.8, 4) is 5.75 Å². The average molecular weight is 384 g/mol. The Kier molecular flexibility index (Phi) is 6.96. The number of rotatable bonds is 6. The molecule has 2 aromatic carbocycles. The van der Waals surface area contributed by atoms with Gasteiger partial charge in [0.2, 0.25) is 5.91 Å². The molecule has 0 bridgehead atoms. The Morgan fingerprint density at radius 2 is 1.89 bits per heavy atom. The molecule has 5 heteroatoms. The van der Waals surface area contributed by atoms with Crippen molar-refractivity contribution in [1.29, 1.82) is 0 Å². The first-order chi connectivity index (χ1) is 13.2. The van der Waals surface area contributed by atoms with Gasteiger partial charge in [-0.25, -0.2) is 0 Å². The number of carbonyl (C=O) groups excluding carboxylic acids is 1. The van der Waals surface area contributed by atoms with Crippen molar-refractivity contribution in [3.05, 3.63) is 60.2 Å². The minimum absolute atomic E-state index is 0.139. The summed E-state index contributed by atoms with van der Waals surface area (Å²) >= 11 is 1.64. The smallest absolute Gasteiger partial charge is 0.244 e. The average Bonchev–Trinajstić information content (AvgIpc) is 2.70. The number of hydrogen-bond donors (Lipinski definition) is 2. The summed E-state index contributed by atoms with van der Waals surface area (Å²) in [6, 6.07) is 15.7. The molecule has 1 fully saturated rings. The number of nitrogens with one attached hydrogen (secondary N) is 1. The highest BCUT2D eigenvalue weighted by atomic mass is 32.2. The predicted molar refractivity (Wildman–Crippen MR) is 109 cm³/mol. The van der Waals surface area contributed by atoms with Crippen molar-refractivity contribution < 1.29 is 14.6 Å². The van der Waals surface area contributed by atoms with Crippen LogP contribution in [0.25, 0.3) is 6.08 Å². The lowest BCUT2D eigenvalue weighted by atomic mass is 9.92. The fourth-order valence-electron chi connectivity index (χ4n) is 3.16. The van der Waals surface area contributed by atoms with E-state index in [0.717, 1.165) is 46.8 Å². The molecule has 0 spiro atoms. The number of methoxy groups -OCH3 is 1. The van der Waals surface area contributed by atoms with E-state index in [9.17, 15) is 9.90 Å². The van der Waals surface area contributed by atoms with Crippen molar-refractivity contribution in [2.45, 2.75) is 47.6 Å². The third-order valence-electron chi connectivity index (χ3n) is 4.68. The van der Waals surface area contributed by atoms with E-state index in [1.54, 1.807) is 24.9 Å². The Bertz CT molecular complexity index is 788. The van der Waals surface area contributed by atoms with E-state index in [0.29, 0.717) is 0 Å². The van der Waals surface area contributed by atoms with Crippen LogP contribution in [-0.2, 0) is 4.79 Å². The van der Waals surface area contributed by atoms with Crippen LogP contribution in [-0.4, -0.2) is 30.3 Å². The lowest BCUT2D eigenvalue weighted by molar-refractivity contribution is -0.118. The molecule has 0 saturated heterocycles. The Hall–Kier alpha value is -2.24. The highest BCUT2D eigenvalue weighted by Gasteiger charge is 2.23. The number of amides is 1. The maximum atomic E-state index is 12.2. The zero-order valence-electron chi connectivity index (χ0n) is 15.4. The van der Waals surface area contributed by atoms with Crippen LogP contribution in [0.4, 0.5) is 0 Å². The number of benzene rings is 2. The highest BCUT2D eigenvalue weighted by molar-refractivity contribution is 7.99. The molecule has 0 aromatic heterocycles. The van der Waals surface area contributed by atoms with Gasteiger partial charge in [-0.05, 0) is 54.8 Å². The molecule has 3 rings (SSSR count). The maximum Gasteiger partial charge on any atom is 0.244 e. The second kappa shape index (κ2) is 9.62. The second-order valence-corrected chi connectivity index (χ2v) is 7.73. The van der Waals surface area contributed by atoms with Crippen LogP contribution in [0.1, 0.15) is 31.2 Å². The van der Waals surface area contributed by atoms with Crippen molar-refractivity contribution in [2.24, 2.45) is 0 Å². The molecule has 1 saturated carbocycles. The molecule has 1 aliphatic carbocycles. The standard InChI is InChI=1S/C22H25NO3S/c1-26-17-11-13-18(14-12-17)27-21-9-5-2-6-16(21)10-15-22(25)23-19-7-3-4-8-20(19)24/h2,5-6,9-15,19-20,24H,3-4,7-8H2,1H3,(H,23,25)/b15-10+. The van der Waals surface area contributed by atoms with Crippen LogP contribution < -0.4 is 10.1 Å². The number of ether oxygens (including phenoxy) is 1. The number of aliphatic hydroxyl groups is 1. The van der Waals surface area contributed by atoms with E-state index < -0.39 is 6.10 Å². The van der Waals surface area contributed by atoms with Gasteiger partial charge in [-0.3, -0.25) is 4.79 Å². The Labute approximate surface area is 164 Å². The topological polar surface area (TPSA) is 58.6 Å². The molecular weight excluding hydrogens is 358 g/mol. The summed E-state index contributed by atoms with van der Waals surface area (Å²) in [5.74, 6) is 0.666. The van der Waals surface area contributed by atoms with Gasteiger partial charge in [0, 0.05) is 15.9 Å². The predicted octanol–water partition coefficient (Wildman–Crippen LogP) is 4.28. The van der Waals surface area contributed by atoms with Crippen molar-refractivity contribution in [3.63, 3.8) is 0 Å². The summed E-state index contributed by atoms with van der Waals surface area (Å²) < 4.78 is 5.20. The second-order valence-electron chi connectivity index (χ2n) is 6.62. The monoisotopic (exact) mass is 383 g/mol. The van der Waals surface area contributed by atoms with Crippen LogP contribution in [0, 0.1) is 0 Å². The molecule has 2 N–H and O–H groups in total. The fraction of sp³-hybridized carbons (Fsp3) is 0.318. The summed E-state index contributed by atoms with van der Waals surface area (Å²) in [6.07, 6.45) is 6.62. The first kappa shape index (κ1) is 19.5. The molecule has 1 aliphatic rings. The molecule has 2 unspecified atom stereocenters. The van der Waals surface area contributed by atoms with E-state index in [4.69, 9.17) is 4.74 Å². The molecule has 4 nitrogen and oxygen atoms in total. The zero-order chi connectivity index (χ0) is 19.1. The van der Waals surface area contributed by atoms with E-state index in [-0.39, 0.29) is 11.9 Å². The summed E-state index contributed by atoms with van der Waals surface area (Å²) in [5.41, 5.74) is 0.984. The fourth-order valence-corrected chi connectivity index (χ4v) is 4.08. The number of aliphatic hydroxyl groups excluding tert-OH is 1. The van der Waals surface area contributed by atoms with Gasteiger partial charge in [0.1, 0.15) is 5.75 Å². The van der Waals surface area contributed by atoms with Crippen LogP contribution >= 0.6 is 11.8 Å². The SMILES string of the molecule is COc1ccc(Sc2ccccc2/C=C/C(=O)NC2CCCCC2O)cc1. The lowest BCUT2D eigenvalue weighted by Crippen LogP contribution is -2.44. The maximum absolute atomic E-state index is 12.2. The van der Waals surface area contributed by atoms with Crippen LogP contribution in [0.15, 0.2) is 64.4 Å². The third kappa shape index (κ3) is 5.62. The summed E-state index contributed by atoms with van der Waals surface area (Å²) in [4.78, 5) is 14.4.